The van der Waals surface area contributed by atoms with Crippen LogP contribution in [-0.4, -0.2) is 277 Å². The van der Waals surface area contributed by atoms with Gasteiger partial charge in [-0.25, -0.2) is 0 Å². The third kappa shape index (κ3) is 60.6. The van der Waals surface area contributed by atoms with Gasteiger partial charge in [-0.15, -0.1) is 0 Å². The Morgan fingerprint density at radius 3 is 0.805 bits per heavy atom. The fraction of sp³-hybridized carbons (Fsp3) is 0.879. The molecule has 0 saturated carbocycles. The molecule has 3 saturated heterocycles. The highest BCUT2D eigenvalue weighted by atomic mass is 16.7. The summed E-state index contributed by atoms with van der Waals surface area (Å²) in [6, 6.07) is 0. The van der Waals surface area contributed by atoms with E-state index in [0.29, 0.717) is 344 Å². The van der Waals surface area contributed by atoms with Gasteiger partial charge in [0.15, 0.2) is 18.9 Å². The van der Waals surface area contributed by atoms with Crippen molar-refractivity contribution in [2.45, 2.75) is 295 Å². The quantitative estimate of drug-likeness (QED) is 0.0253. The number of rotatable bonds is 87. The Morgan fingerprint density at radius 2 is 0.534 bits per heavy atom. The molecule has 0 aliphatic carbocycles. The summed E-state index contributed by atoms with van der Waals surface area (Å²) in [5.74, 6) is 4.46. The number of amides is 1. The number of carbonyl (C=O) groups excluding carboxylic acids is 6. The van der Waals surface area contributed by atoms with Gasteiger partial charge < -0.3 is 142 Å². The Hall–Kier alpha value is -5.00. The molecule has 3 fully saturated rings. The molecule has 6 unspecified atom stereocenters. The van der Waals surface area contributed by atoms with Crippen LogP contribution < -0.4 is 56.9 Å². The molecule has 19 N–H and O–H groups in total. The molecule has 15 atom stereocenters. The molecule has 782 valence electrons. The summed E-state index contributed by atoms with van der Waals surface area (Å²) in [6.07, 6.45) is 18.5. The number of unbranched alkanes of at least 4 members (excludes halogenated alkanes) is 5. The van der Waals surface area contributed by atoms with Gasteiger partial charge in [0, 0.05) is 156 Å². The number of carbonyl (C=O) groups is 6. The molecule has 0 aromatic heterocycles. The van der Waals surface area contributed by atoms with Crippen molar-refractivity contribution in [2.24, 2.45) is 81.8 Å². The second kappa shape index (κ2) is 81.8. The van der Waals surface area contributed by atoms with Gasteiger partial charge >= 0.3 is 0 Å². The number of ether oxygens (including phenoxy) is 18. The predicted molar refractivity (Wildman–Crippen MR) is 520 cm³/mol. The summed E-state index contributed by atoms with van der Waals surface area (Å²) in [6.45, 7) is 43.9. The largest absolute Gasteiger partial charge is 0.401 e. The molecule has 133 heavy (non-hydrogen) atoms. The Kier molecular flexibility index (Phi) is 78.7. The van der Waals surface area contributed by atoms with Crippen LogP contribution in [0.3, 0.4) is 0 Å². The lowest BCUT2D eigenvalue weighted by Gasteiger charge is -2.43. The fourth-order valence-corrected chi connectivity index (χ4v) is 15.8. The molecular formula is C99H192N10O24. The number of nitrogens with two attached hydrogens (primary N) is 3. The lowest BCUT2D eigenvalue weighted by molar-refractivity contribution is -0.251. The molecule has 34 nitrogen and oxygen atoms in total. The molecule has 3 aliphatic heterocycles. The molecule has 0 aromatic rings. The van der Waals surface area contributed by atoms with E-state index >= 15 is 0 Å². The monoisotopic (exact) mass is 1910 g/mol. The first kappa shape index (κ1) is 128. The number of Topliss-reactive ketones (excluding diaryl/α,β-unsaturated/α-hetero) is 5. The molecule has 0 radical (unpaired) electrons. The maximum atomic E-state index is 13.1. The van der Waals surface area contributed by atoms with Gasteiger partial charge in [0.2, 0.25) is 5.91 Å². The van der Waals surface area contributed by atoms with Crippen molar-refractivity contribution in [3.8, 4) is 0 Å². The molecule has 0 spiro atoms. The highest BCUT2D eigenvalue weighted by Crippen LogP contribution is 2.40. The standard InChI is InChI=1S/C99H183N7O24.3H3N/c1-15-92-78(9)75(6)81(12)96(128-92)125-65-62-119-59-56-116-53-50-113-47-41-103-68-84(100)31-34-87(107)26-20-18-22-28-90(110)37-44-122-71-99(74(4)5,72-123-45-38-91(111)29-23-19-21-27-88(108)35-32-85(101)69-104-42-48-114-51-54-117-57-60-120-63-66-126-97-82(13)76(7)79(10)93(16-2)129-97)73-124-46-39-95(112)106-40-25-24-30-89(109)36-33-86(102)70-105-43-49-115-52-55-118-58-61-121-64-67-127-98-83(14)77(8)80(11)94(17-3)130-98;;;/h68-70,74-83,92-94,96-98,103-105H,15-67,71-73,100-102H2,1-14H3,(H,106,112);3*1H3/b84-68-,85-69-,86-70-;;;/t75-,76-,77-,78-,79-,80-,81?,82?,83?,92?,93?,94?,96-,97-,98-,99?;;;/m0.../s1. The zero-order valence-electron chi connectivity index (χ0n) is 85.2. The average Bonchev–Trinajstić information content (AvgIpc) is 0.818. The van der Waals surface area contributed by atoms with Crippen molar-refractivity contribution in [3.63, 3.8) is 0 Å². The fourth-order valence-electron chi connectivity index (χ4n) is 15.8. The van der Waals surface area contributed by atoms with Gasteiger partial charge in [0.1, 0.15) is 28.9 Å². The Balaban J connectivity index is 0.0000581. The summed E-state index contributed by atoms with van der Waals surface area (Å²) < 4.78 is 106. The van der Waals surface area contributed by atoms with Crippen molar-refractivity contribution in [2.75, 3.05) is 205 Å². The second-order valence-corrected chi connectivity index (χ2v) is 36.3. The number of allylic oxidation sites excluding steroid dienone is 3. The third-order valence-corrected chi connectivity index (χ3v) is 26.0. The summed E-state index contributed by atoms with van der Waals surface area (Å²) in [7, 11) is 0. The lowest BCUT2D eigenvalue weighted by Crippen LogP contribution is -2.45. The minimum absolute atomic E-state index is 0. The van der Waals surface area contributed by atoms with E-state index in [9.17, 15) is 28.8 Å². The topological polar surface area (TPSA) is 500 Å². The Labute approximate surface area is 801 Å². The van der Waals surface area contributed by atoms with Crippen LogP contribution in [0.5, 0.6) is 0 Å². The number of hydrogen-bond donors (Lipinski definition) is 10. The Morgan fingerprint density at radius 1 is 0.286 bits per heavy atom. The van der Waals surface area contributed by atoms with E-state index < -0.39 is 5.41 Å². The van der Waals surface area contributed by atoms with Crippen LogP contribution in [0.15, 0.2) is 35.7 Å². The zero-order chi connectivity index (χ0) is 95.2. The highest BCUT2D eigenvalue weighted by molar-refractivity contribution is 5.80. The van der Waals surface area contributed by atoms with Crippen LogP contribution in [0.25, 0.3) is 0 Å². The van der Waals surface area contributed by atoms with Gasteiger partial charge in [-0.3, -0.25) is 28.8 Å². The molecule has 0 bridgehead atoms. The van der Waals surface area contributed by atoms with E-state index in [1.54, 1.807) is 18.6 Å². The van der Waals surface area contributed by atoms with E-state index in [0.717, 1.165) is 32.1 Å². The van der Waals surface area contributed by atoms with Crippen LogP contribution in [0.1, 0.15) is 257 Å². The zero-order valence-corrected chi connectivity index (χ0v) is 85.2. The van der Waals surface area contributed by atoms with E-state index in [4.69, 9.17) is 102 Å². The van der Waals surface area contributed by atoms with Gasteiger partial charge in [-0.05, 0) is 118 Å². The highest BCUT2D eigenvalue weighted by Gasteiger charge is 2.42. The van der Waals surface area contributed by atoms with Gasteiger partial charge in [0.05, 0.1) is 197 Å². The number of nitrogens with one attached hydrogen (secondary N) is 4. The normalized spacial score (nSPS) is 22.7. The molecule has 3 rings (SSSR count). The smallest absolute Gasteiger partial charge is 0.222 e. The van der Waals surface area contributed by atoms with Crippen LogP contribution >= 0.6 is 0 Å². The van der Waals surface area contributed by atoms with E-state index in [-0.39, 0.29) is 155 Å². The van der Waals surface area contributed by atoms with Crippen molar-refractivity contribution in [3.05, 3.63) is 35.7 Å². The van der Waals surface area contributed by atoms with Crippen molar-refractivity contribution in [1.82, 2.24) is 39.7 Å². The minimum Gasteiger partial charge on any atom is -0.401 e. The first-order chi connectivity index (χ1) is 62.8. The predicted octanol–water partition coefficient (Wildman–Crippen LogP) is 13.2. The summed E-state index contributed by atoms with van der Waals surface area (Å²) in [5.41, 5.74) is 19.6. The minimum atomic E-state index is -0.664. The lowest BCUT2D eigenvalue weighted by atomic mass is 9.78. The molecule has 0 aromatic carbocycles. The number of ketones is 5. The first-order valence-corrected chi connectivity index (χ1v) is 49.9. The van der Waals surface area contributed by atoms with E-state index in [1.165, 1.54) is 0 Å². The van der Waals surface area contributed by atoms with Crippen molar-refractivity contribution >= 4 is 34.8 Å². The SMILES string of the molecule is CCC1O[C@H](OCCOCCOCCOCCN/C=C(\N)CCC(=O)CCCCCC(=O)CCOCC(COCCC(=O)CCCCCC(=O)CC/C(N)=C/NCCOCCOCCOCCO[C@H]2OC(CC)[C@@H](C)[C@H](C)C2C)(COCCC(=O)NCCCCC(=O)CC/C(N)=C/NCCOCCOCCOCCO[C@H]2OC(CC)[C@@H](C)[C@H](C)C2C)C(C)C)C(C)[C@@H](C)[C@@H]1C.N.N.N. The molecular weight excluding hydrogens is 1710 g/mol. The van der Waals surface area contributed by atoms with Gasteiger partial charge in [-0.1, -0.05) is 110 Å². The average molecular weight is 1910 g/mol. The van der Waals surface area contributed by atoms with Crippen LogP contribution in [-0.2, 0) is 114 Å². The van der Waals surface area contributed by atoms with Gasteiger partial charge in [-0.2, -0.15) is 0 Å². The maximum absolute atomic E-state index is 13.1. The molecule has 3 heterocycles. The van der Waals surface area contributed by atoms with Crippen LogP contribution in [0, 0.1) is 64.6 Å². The van der Waals surface area contributed by atoms with Gasteiger partial charge in [0.25, 0.3) is 0 Å². The molecule has 3 aliphatic rings. The Bertz CT molecular complexity index is 2700. The molecule has 34 heteroatoms. The summed E-state index contributed by atoms with van der Waals surface area (Å²) in [5, 5.41) is 12.4. The van der Waals surface area contributed by atoms with Crippen LogP contribution in [0.4, 0.5) is 0 Å². The first-order valence-electron chi connectivity index (χ1n) is 49.9. The number of hydrogen-bond acceptors (Lipinski definition) is 33. The maximum Gasteiger partial charge on any atom is 0.222 e. The van der Waals surface area contributed by atoms with Crippen LogP contribution in [0.2, 0.25) is 0 Å². The van der Waals surface area contributed by atoms with E-state index in [1.807, 2.05) is 0 Å². The summed E-state index contributed by atoms with van der Waals surface area (Å²) in [4.78, 5) is 77.3. The van der Waals surface area contributed by atoms with E-state index in [2.05, 4.69) is 118 Å². The third-order valence-electron chi connectivity index (χ3n) is 26.0. The van der Waals surface area contributed by atoms with Crippen molar-refractivity contribution < 1.29 is 114 Å². The molecule has 1 amide bonds. The summed E-state index contributed by atoms with van der Waals surface area (Å²) >= 11 is 0. The van der Waals surface area contributed by atoms with Crippen molar-refractivity contribution in [1.29, 1.82) is 0 Å². The second-order valence-electron chi connectivity index (χ2n) is 36.3.